The summed E-state index contributed by atoms with van der Waals surface area (Å²) in [5, 5.41) is 11.5. The van der Waals surface area contributed by atoms with Crippen molar-refractivity contribution in [2.45, 2.75) is 0 Å². The molecule has 3 rings (SSSR count). The molecule has 0 fully saturated rings. The molecule has 0 saturated heterocycles. The SMILES string of the molecule is COC(=O)c1ccc2oc3ccccc3c2c1O. The van der Waals surface area contributed by atoms with Gasteiger partial charge < -0.3 is 14.3 Å². The fourth-order valence-corrected chi connectivity index (χ4v) is 2.07. The number of hydrogen-bond acceptors (Lipinski definition) is 4. The number of aromatic hydroxyl groups is 1. The summed E-state index contributed by atoms with van der Waals surface area (Å²) in [5.74, 6) is -0.677. The summed E-state index contributed by atoms with van der Waals surface area (Å²) in [6, 6.07) is 10.5. The summed E-state index contributed by atoms with van der Waals surface area (Å²) in [4.78, 5) is 11.5. The van der Waals surface area contributed by atoms with Gasteiger partial charge in [0.25, 0.3) is 0 Å². The molecule has 3 aromatic rings. The molecule has 1 N–H and O–H groups in total. The van der Waals surface area contributed by atoms with E-state index in [1.165, 1.54) is 13.2 Å². The maximum absolute atomic E-state index is 11.5. The van der Waals surface area contributed by atoms with Crippen molar-refractivity contribution in [3.8, 4) is 5.75 Å². The Bertz CT molecular complexity index is 755. The molecule has 1 aromatic heterocycles. The number of furan rings is 1. The molecule has 0 aliphatic rings. The Morgan fingerprint density at radius 2 is 1.94 bits per heavy atom. The van der Waals surface area contributed by atoms with E-state index >= 15 is 0 Å². The summed E-state index contributed by atoms with van der Waals surface area (Å²) >= 11 is 0. The fourth-order valence-electron chi connectivity index (χ4n) is 2.07. The number of benzene rings is 2. The third-order valence-electron chi connectivity index (χ3n) is 2.92. The van der Waals surface area contributed by atoms with Crippen molar-refractivity contribution in [3.63, 3.8) is 0 Å². The van der Waals surface area contributed by atoms with Crippen LogP contribution in [0.2, 0.25) is 0 Å². The van der Waals surface area contributed by atoms with Gasteiger partial charge in [0.05, 0.1) is 12.5 Å². The maximum Gasteiger partial charge on any atom is 0.341 e. The number of para-hydroxylation sites is 1. The normalized spacial score (nSPS) is 10.9. The standard InChI is InChI=1S/C14H10O4/c1-17-14(16)9-6-7-11-12(13(9)15)8-4-2-3-5-10(8)18-11/h2-7,15H,1H3. The first-order valence-corrected chi connectivity index (χ1v) is 5.44. The van der Waals surface area contributed by atoms with E-state index in [9.17, 15) is 9.90 Å². The van der Waals surface area contributed by atoms with Crippen LogP contribution in [0.1, 0.15) is 10.4 Å². The van der Waals surface area contributed by atoms with Crippen LogP contribution >= 0.6 is 0 Å². The number of carbonyl (C=O) groups is 1. The smallest absolute Gasteiger partial charge is 0.341 e. The lowest BCUT2D eigenvalue weighted by molar-refractivity contribution is 0.0598. The minimum Gasteiger partial charge on any atom is -0.506 e. The highest BCUT2D eigenvalue weighted by atomic mass is 16.5. The molecule has 4 nitrogen and oxygen atoms in total. The lowest BCUT2D eigenvalue weighted by Crippen LogP contribution is -2.01. The first kappa shape index (κ1) is 10.7. The third-order valence-corrected chi connectivity index (χ3v) is 2.92. The van der Waals surface area contributed by atoms with Crippen LogP contribution in [0, 0.1) is 0 Å². The van der Waals surface area contributed by atoms with Gasteiger partial charge in [0.2, 0.25) is 0 Å². The number of rotatable bonds is 1. The van der Waals surface area contributed by atoms with Gasteiger partial charge in [-0.3, -0.25) is 0 Å². The summed E-state index contributed by atoms with van der Waals surface area (Å²) in [6.45, 7) is 0. The summed E-state index contributed by atoms with van der Waals surface area (Å²) in [6.07, 6.45) is 0. The van der Waals surface area contributed by atoms with E-state index in [0.29, 0.717) is 16.6 Å². The zero-order valence-electron chi connectivity index (χ0n) is 9.64. The summed E-state index contributed by atoms with van der Waals surface area (Å²) in [5.41, 5.74) is 1.35. The Balaban J connectivity index is 2.43. The van der Waals surface area contributed by atoms with E-state index < -0.39 is 5.97 Å². The number of phenols is 1. The molecule has 0 amide bonds. The second-order valence-corrected chi connectivity index (χ2v) is 3.92. The van der Waals surface area contributed by atoms with Crippen LogP contribution in [0.4, 0.5) is 0 Å². The van der Waals surface area contributed by atoms with Gasteiger partial charge in [-0.25, -0.2) is 4.79 Å². The molecular weight excluding hydrogens is 232 g/mol. The maximum atomic E-state index is 11.5. The number of phenolic OH excluding ortho intramolecular Hbond substituents is 1. The highest BCUT2D eigenvalue weighted by Crippen LogP contribution is 2.37. The molecule has 0 aliphatic carbocycles. The van der Waals surface area contributed by atoms with Gasteiger partial charge in [-0.05, 0) is 18.2 Å². The first-order chi connectivity index (χ1) is 8.72. The lowest BCUT2D eigenvalue weighted by Gasteiger charge is -2.02. The number of carbonyl (C=O) groups excluding carboxylic acids is 1. The van der Waals surface area contributed by atoms with Gasteiger partial charge in [0.1, 0.15) is 22.5 Å². The quantitative estimate of drug-likeness (QED) is 0.666. The second kappa shape index (κ2) is 3.77. The van der Waals surface area contributed by atoms with Crippen LogP contribution in [0.3, 0.4) is 0 Å². The monoisotopic (exact) mass is 242 g/mol. The van der Waals surface area contributed by atoms with Crippen molar-refractivity contribution in [1.82, 2.24) is 0 Å². The number of ether oxygens (including phenoxy) is 1. The van der Waals surface area contributed by atoms with Crippen LogP contribution in [0.5, 0.6) is 5.75 Å². The van der Waals surface area contributed by atoms with Gasteiger partial charge >= 0.3 is 5.97 Å². The molecule has 4 heteroatoms. The van der Waals surface area contributed by atoms with Crippen molar-refractivity contribution in [3.05, 3.63) is 42.0 Å². The summed E-state index contributed by atoms with van der Waals surface area (Å²) < 4.78 is 10.2. The zero-order chi connectivity index (χ0) is 12.7. The highest BCUT2D eigenvalue weighted by molar-refractivity contribution is 6.11. The number of fused-ring (bicyclic) bond motifs is 3. The van der Waals surface area contributed by atoms with Crippen LogP contribution in [-0.2, 0) is 4.74 Å². The summed E-state index contributed by atoms with van der Waals surface area (Å²) in [7, 11) is 1.28. The Morgan fingerprint density at radius 1 is 1.17 bits per heavy atom. The average molecular weight is 242 g/mol. The number of methoxy groups -OCH3 is 1. The van der Waals surface area contributed by atoms with E-state index in [1.54, 1.807) is 6.07 Å². The average Bonchev–Trinajstić information content (AvgIpc) is 2.77. The molecule has 90 valence electrons. The molecular formula is C14H10O4. The van der Waals surface area contributed by atoms with Crippen molar-refractivity contribution < 1.29 is 19.1 Å². The van der Waals surface area contributed by atoms with Crippen LogP contribution in [0.15, 0.2) is 40.8 Å². The Kier molecular flexibility index (Phi) is 2.23. The van der Waals surface area contributed by atoms with Crippen molar-refractivity contribution in [2.75, 3.05) is 7.11 Å². The van der Waals surface area contributed by atoms with E-state index in [4.69, 9.17) is 4.42 Å². The van der Waals surface area contributed by atoms with E-state index in [-0.39, 0.29) is 11.3 Å². The van der Waals surface area contributed by atoms with Gasteiger partial charge in [-0.2, -0.15) is 0 Å². The Labute approximate surface area is 102 Å². The number of esters is 1. The topological polar surface area (TPSA) is 59.7 Å². The second-order valence-electron chi connectivity index (χ2n) is 3.92. The minimum atomic E-state index is -0.570. The molecule has 0 bridgehead atoms. The van der Waals surface area contributed by atoms with Gasteiger partial charge in [-0.15, -0.1) is 0 Å². The van der Waals surface area contributed by atoms with Crippen molar-refractivity contribution >= 4 is 27.9 Å². The van der Waals surface area contributed by atoms with Crippen LogP contribution < -0.4 is 0 Å². The third kappa shape index (κ3) is 1.35. The molecule has 0 spiro atoms. The molecule has 18 heavy (non-hydrogen) atoms. The van der Waals surface area contributed by atoms with E-state index in [0.717, 1.165) is 5.39 Å². The van der Waals surface area contributed by atoms with Gasteiger partial charge in [0, 0.05) is 5.39 Å². The highest BCUT2D eigenvalue weighted by Gasteiger charge is 2.18. The van der Waals surface area contributed by atoms with Crippen LogP contribution in [-0.4, -0.2) is 18.2 Å². The zero-order valence-corrected chi connectivity index (χ0v) is 9.64. The first-order valence-electron chi connectivity index (χ1n) is 5.44. The molecule has 0 atom stereocenters. The fraction of sp³-hybridized carbons (Fsp3) is 0.0714. The molecule has 2 aromatic carbocycles. The minimum absolute atomic E-state index is 0.107. The van der Waals surface area contributed by atoms with E-state index in [2.05, 4.69) is 4.74 Å². The predicted molar refractivity (Wildman–Crippen MR) is 66.7 cm³/mol. The Morgan fingerprint density at radius 3 is 2.72 bits per heavy atom. The number of hydrogen-bond donors (Lipinski definition) is 1. The molecule has 0 radical (unpaired) electrons. The molecule has 0 saturated carbocycles. The molecule has 1 heterocycles. The van der Waals surface area contributed by atoms with E-state index in [1.807, 2.05) is 24.3 Å². The van der Waals surface area contributed by atoms with Gasteiger partial charge in [0.15, 0.2) is 0 Å². The van der Waals surface area contributed by atoms with Crippen LogP contribution in [0.25, 0.3) is 21.9 Å². The lowest BCUT2D eigenvalue weighted by atomic mass is 10.1. The van der Waals surface area contributed by atoms with Crippen molar-refractivity contribution in [2.24, 2.45) is 0 Å². The molecule has 0 aliphatic heterocycles. The molecule has 0 unspecified atom stereocenters. The van der Waals surface area contributed by atoms with Gasteiger partial charge in [-0.1, -0.05) is 18.2 Å². The largest absolute Gasteiger partial charge is 0.506 e. The van der Waals surface area contributed by atoms with Crippen molar-refractivity contribution in [1.29, 1.82) is 0 Å². The Hall–Kier alpha value is -2.49. The predicted octanol–water partition coefficient (Wildman–Crippen LogP) is 3.08.